The van der Waals surface area contributed by atoms with E-state index in [1.807, 2.05) is 25.1 Å². The Kier molecular flexibility index (Phi) is 8.62. The molecule has 1 aromatic carbocycles. The Morgan fingerprint density at radius 2 is 1.85 bits per heavy atom. The molecule has 3 aliphatic heterocycles. The van der Waals surface area contributed by atoms with E-state index in [-0.39, 0.29) is 18.4 Å². The van der Waals surface area contributed by atoms with Crippen LogP contribution >= 0.6 is 0 Å². The zero-order valence-corrected chi connectivity index (χ0v) is 20.2. The Morgan fingerprint density at radius 1 is 1.06 bits per heavy atom. The average molecular weight is 457 g/mol. The topological polar surface area (TPSA) is 65.1 Å². The molecule has 4 rings (SSSR count). The van der Waals surface area contributed by atoms with E-state index in [1.165, 1.54) is 58.3 Å². The molecule has 1 N–H and O–H groups in total. The molecule has 33 heavy (non-hydrogen) atoms. The Hall–Kier alpha value is -2.12. The van der Waals surface area contributed by atoms with Gasteiger partial charge in [0.2, 0.25) is 5.91 Å². The van der Waals surface area contributed by atoms with E-state index in [1.54, 1.807) is 4.90 Å². The average Bonchev–Trinajstić information content (AvgIpc) is 2.84. The van der Waals surface area contributed by atoms with Gasteiger partial charge in [0.05, 0.1) is 5.69 Å². The molecule has 2 saturated heterocycles. The summed E-state index contributed by atoms with van der Waals surface area (Å²) in [6.07, 6.45) is 8.80. The normalized spacial score (nSPS) is 20.4. The van der Waals surface area contributed by atoms with Crippen LogP contribution in [0.3, 0.4) is 0 Å². The Morgan fingerprint density at radius 3 is 2.64 bits per heavy atom. The number of carbonyl (C=O) groups is 2. The van der Waals surface area contributed by atoms with Gasteiger partial charge in [-0.05, 0) is 95.9 Å². The number of anilines is 1. The van der Waals surface area contributed by atoms with Crippen LogP contribution in [0.4, 0.5) is 5.69 Å². The highest BCUT2D eigenvalue weighted by molar-refractivity contribution is 5.98. The van der Waals surface area contributed by atoms with Gasteiger partial charge in [-0.15, -0.1) is 0 Å². The zero-order valence-electron chi connectivity index (χ0n) is 20.2. The molecule has 0 saturated carbocycles. The minimum atomic E-state index is -0.0439. The second kappa shape index (κ2) is 11.8. The number of nitrogens with one attached hydrogen (secondary N) is 1. The highest BCUT2D eigenvalue weighted by Gasteiger charge is 2.26. The Bertz CT molecular complexity index is 801. The minimum absolute atomic E-state index is 0.0439. The highest BCUT2D eigenvalue weighted by Crippen LogP contribution is 2.33. The lowest BCUT2D eigenvalue weighted by Gasteiger charge is -2.40. The minimum Gasteiger partial charge on any atom is -0.482 e. The van der Waals surface area contributed by atoms with Crippen LogP contribution in [0.25, 0.3) is 0 Å². The summed E-state index contributed by atoms with van der Waals surface area (Å²) in [7, 11) is 0. The van der Waals surface area contributed by atoms with E-state index >= 15 is 0 Å². The fourth-order valence-corrected chi connectivity index (χ4v) is 5.37. The maximum absolute atomic E-state index is 12.3. The first-order valence-electron chi connectivity index (χ1n) is 12.9. The molecule has 0 radical (unpaired) electrons. The number of nitrogens with zero attached hydrogens (tertiary/aromatic N) is 3. The van der Waals surface area contributed by atoms with Crippen LogP contribution in [0.15, 0.2) is 18.2 Å². The number of rotatable bonds is 9. The molecule has 182 valence electrons. The highest BCUT2D eigenvalue weighted by atomic mass is 16.5. The number of benzene rings is 1. The van der Waals surface area contributed by atoms with Gasteiger partial charge < -0.3 is 24.8 Å². The Labute approximate surface area is 198 Å². The third kappa shape index (κ3) is 6.70. The van der Waals surface area contributed by atoms with Gasteiger partial charge in [0.1, 0.15) is 5.75 Å². The predicted octanol–water partition coefficient (Wildman–Crippen LogP) is 2.96. The summed E-state index contributed by atoms with van der Waals surface area (Å²) >= 11 is 0. The van der Waals surface area contributed by atoms with Crippen LogP contribution in [-0.2, 0) is 9.59 Å². The van der Waals surface area contributed by atoms with Gasteiger partial charge in [0.15, 0.2) is 6.61 Å². The van der Waals surface area contributed by atoms with E-state index in [0.29, 0.717) is 19.4 Å². The lowest BCUT2D eigenvalue weighted by atomic mass is 10.00. The lowest BCUT2D eigenvalue weighted by molar-refractivity contribution is -0.122. The molecular weight excluding hydrogens is 416 g/mol. The van der Waals surface area contributed by atoms with Crippen molar-refractivity contribution in [3.05, 3.63) is 23.8 Å². The number of likely N-dealkylation sites (tertiary alicyclic amines) is 2. The van der Waals surface area contributed by atoms with Crippen molar-refractivity contribution in [3.8, 4) is 5.75 Å². The van der Waals surface area contributed by atoms with E-state index in [0.717, 1.165) is 42.6 Å². The van der Waals surface area contributed by atoms with Crippen molar-refractivity contribution >= 4 is 17.5 Å². The zero-order chi connectivity index (χ0) is 23.0. The first-order valence-corrected chi connectivity index (χ1v) is 12.9. The molecular formula is C26H40N4O3. The number of amides is 2. The quantitative estimate of drug-likeness (QED) is 0.579. The van der Waals surface area contributed by atoms with E-state index < -0.39 is 0 Å². The molecule has 3 heterocycles. The fraction of sp³-hybridized carbons (Fsp3) is 0.692. The van der Waals surface area contributed by atoms with E-state index in [9.17, 15) is 9.59 Å². The number of hydrogen-bond acceptors (Lipinski definition) is 5. The van der Waals surface area contributed by atoms with Crippen LogP contribution in [0.2, 0.25) is 0 Å². The molecule has 0 bridgehead atoms. The summed E-state index contributed by atoms with van der Waals surface area (Å²) in [5.41, 5.74) is 1.90. The van der Waals surface area contributed by atoms with Gasteiger partial charge >= 0.3 is 0 Å². The van der Waals surface area contributed by atoms with Crippen molar-refractivity contribution in [1.29, 1.82) is 0 Å². The largest absolute Gasteiger partial charge is 0.482 e. The number of carbonyl (C=O) groups excluding carboxylic acids is 2. The van der Waals surface area contributed by atoms with Gasteiger partial charge in [0, 0.05) is 25.6 Å². The monoisotopic (exact) mass is 456 g/mol. The summed E-state index contributed by atoms with van der Waals surface area (Å²) in [6, 6.07) is 6.65. The molecule has 2 amide bonds. The van der Waals surface area contributed by atoms with Crippen molar-refractivity contribution < 1.29 is 14.3 Å². The molecule has 3 aliphatic rings. The number of piperidine rings is 2. The van der Waals surface area contributed by atoms with Crippen LogP contribution in [0.5, 0.6) is 5.75 Å². The molecule has 0 aromatic heterocycles. The second-order valence-electron chi connectivity index (χ2n) is 9.78. The standard InChI is InChI=1S/C26H40N4O3/c1-21-8-9-24-23(19-21)30(26(32)20-33-24)16-5-7-25(31)27-12-6-13-28-17-10-22(11-18-28)29-14-3-2-4-15-29/h8-9,19,22H,2-7,10-18,20H2,1H3,(H,27,31). The van der Waals surface area contributed by atoms with Crippen molar-refractivity contribution in [2.24, 2.45) is 0 Å². The number of fused-ring (bicyclic) bond motifs is 1. The molecule has 0 atom stereocenters. The Balaban J connectivity index is 1.08. The van der Waals surface area contributed by atoms with Gasteiger partial charge in [-0.25, -0.2) is 0 Å². The summed E-state index contributed by atoms with van der Waals surface area (Å²) in [5.74, 6) is 0.770. The molecule has 0 aliphatic carbocycles. The SMILES string of the molecule is Cc1ccc2c(c1)N(CCCC(=O)NCCCN1CCC(N3CCCCC3)CC1)C(=O)CO2. The lowest BCUT2D eigenvalue weighted by Crippen LogP contribution is -2.47. The summed E-state index contributed by atoms with van der Waals surface area (Å²) in [5, 5.41) is 3.06. The molecule has 0 unspecified atom stereocenters. The molecule has 7 heteroatoms. The number of aryl methyl sites for hydroxylation is 1. The number of ether oxygens (including phenoxy) is 1. The molecule has 0 spiro atoms. The second-order valence-corrected chi connectivity index (χ2v) is 9.78. The van der Waals surface area contributed by atoms with Crippen molar-refractivity contribution in [1.82, 2.24) is 15.1 Å². The van der Waals surface area contributed by atoms with Gasteiger partial charge in [0.25, 0.3) is 5.91 Å². The maximum atomic E-state index is 12.3. The third-order valence-corrected chi connectivity index (χ3v) is 7.28. The summed E-state index contributed by atoms with van der Waals surface area (Å²) in [6.45, 7) is 9.35. The van der Waals surface area contributed by atoms with Gasteiger partial charge in [-0.2, -0.15) is 0 Å². The first-order chi connectivity index (χ1) is 16.1. The third-order valence-electron chi connectivity index (χ3n) is 7.28. The molecule has 2 fully saturated rings. The van der Waals surface area contributed by atoms with E-state index in [2.05, 4.69) is 15.1 Å². The van der Waals surface area contributed by atoms with Crippen LogP contribution in [0.1, 0.15) is 56.9 Å². The molecule has 7 nitrogen and oxygen atoms in total. The van der Waals surface area contributed by atoms with E-state index in [4.69, 9.17) is 4.74 Å². The van der Waals surface area contributed by atoms with Crippen molar-refractivity contribution in [2.45, 2.75) is 64.3 Å². The summed E-state index contributed by atoms with van der Waals surface area (Å²) < 4.78 is 5.52. The fourth-order valence-electron chi connectivity index (χ4n) is 5.37. The van der Waals surface area contributed by atoms with Crippen LogP contribution in [0, 0.1) is 6.92 Å². The first kappa shape index (κ1) is 24.0. The van der Waals surface area contributed by atoms with Gasteiger partial charge in [-0.1, -0.05) is 12.5 Å². The van der Waals surface area contributed by atoms with Crippen LogP contribution < -0.4 is 15.0 Å². The maximum Gasteiger partial charge on any atom is 0.265 e. The predicted molar refractivity (Wildman–Crippen MR) is 131 cm³/mol. The van der Waals surface area contributed by atoms with Crippen molar-refractivity contribution in [2.75, 3.05) is 57.3 Å². The number of hydrogen-bond donors (Lipinski definition) is 1. The summed E-state index contributed by atoms with van der Waals surface area (Å²) in [4.78, 5) is 31.6. The van der Waals surface area contributed by atoms with Gasteiger partial charge in [-0.3, -0.25) is 9.59 Å². The molecule has 1 aromatic rings. The smallest absolute Gasteiger partial charge is 0.265 e. The van der Waals surface area contributed by atoms with Crippen molar-refractivity contribution in [3.63, 3.8) is 0 Å². The van der Waals surface area contributed by atoms with Crippen LogP contribution in [-0.4, -0.2) is 80.1 Å².